The maximum Gasteiger partial charge on any atom is 0.326 e. The first-order valence-electron chi connectivity index (χ1n) is 8.90. The van der Waals surface area contributed by atoms with Crippen molar-refractivity contribution in [3.63, 3.8) is 0 Å². The molecule has 0 aliphatic heterocycles. The highest BCUT2D eigenvalue weighted by atomic mass is 35.5. The van der Waals surface area contributed by atoms with Crippen LogP contribution in [0, 0.1) is 5.92 Å². The molecule has 0 heterocycles. The predicted octanol–water partition coefficient (Wildman–Crippen LogP) is 2.70. The van der Waals surface area contributed by atoms with Crippen LogP contribution in [-0.4, -0.2) is 36.5 Å². The molecule has 2 amide bonds. The molecular formula is C19H25ClN2O4. The molecule has 1 aromatic rings. The van der Waals surface area contributed by atoms with Gasteiger partial charge in [0.1, 0.15) is 6.54 Å². The third-order valence-electron chi connectivity index (χ3n) is 4.62. The van der Waals surface area contributed by atoms with Crippen molar-refractivity contribution in [1.82, 2.24) is 10.6 Å². The van der Waals surface area contributed by atoms with Gasteiger partial charge in [0, 0.05) is 16.6 Å². The molecule has 1 aromatic carbocycles. The molecule has 1 aliphatic rings. The van der Waals surface area contributed by atoms with E-state index in [1.165, 1.54) is 13.3 Å². The van der Waals surface area contributed by atoms with Crippen LogP contribution in [0.4, 0.5) is 0 Å². The van der Waals surface area contributed by atoms with Gasteiger partial charge >= 0.3 is 5.97 Å². The smallest absolute Gasteiger partial charge is 0.326 e. The Labute approximate surface area is 158 Å². The highest BCUT2D eigenvalue weighted by Gasteiger charge is 2.26. The Balaban J connectivity index is 1.74. The van der Waals surface area contributed by atoms with Crippen LogP contribution in [0.15, 0.2) is 24.3 Å². The summed E-state index contributed by atoms with van der Waals surface area (Å²) in [6.07, 6.45) is 3.43. The molecule has 0 bridgehead atoms. The number of hydrogen-bond acceptors (Lipinski definition) is 4. The van der Waals surface area contributed by atoms with E-state index in [-0.39, 0.29) is 18.5 Å². The second kappa shape index (κ2) is 9.57. The van der Waals surface area contributed by atoms with Crippen molar-refractivity contribution >= 4 is 29.4 Å². The molecule has 0 aromatic heterocycles. The zero-order chi connectivity index (χ0) is 19.1. The molecule has 2 rings (SSSR count). The Morgan fingerprint density at radius 3 is 2.50 bits per heavy atom. The molecule has 1 fully saturated rings. The molecule has 0 radical (unpaired) electrons. The number of carbonyl (C=O) groups is 3. The topological polar surface area (TPSA) is 84.5 Å². The van der Waals surface area contributed by atoms with Crippen molar-refractivity contribution in [1.29, 1.82) is 0 Å². The highest BCUT2D eigenvalue weighted by molar-refractivity contribution is 6.30. The number of rotatable bonds is 6. The van der Waals surface area contributed by atoms with Crippen LogP contribution in [-0.2, 0) is 14.3 Å². The van der Waals surface area contributed by atoms with Crippen LogP contribution in [0.1, 0.15) is 49.9 Å². The summed E-state index contributed by atoms with van der Waals surface area (Å²) >= 11 is 5.77. The number of nitrogens with one attached hydrogen (secondary N) is 2. The summed E-state index contributed by atoms with van der Waals surface area (Å²) < 4.78 is 5.11. The van der Waals surface area contributed by atoms with Gasteiger partial charge in [0.15, 0.2) is 6.10 Å². The molecule has 0 saturated heterocycles. The first-order valence-corrected chi connectivity index (χ1v) is 9.28. The van der Waals surface area contributed by atoms with Gasteiger partial charge in [-0.25, -0.2) is 0 Å². The van der Waals surface area contributed by atoms with Crippen LogP contribution in [0.5, 0.6) is 0 Å². The molecule has 26 heavy (non-hydrogen) atoms. The molecule has 0 spiro atoms. The van der Waals surface area contributed by atoms with Gasteiger partial charge in [-0.3, -0.25) is 14.4 Å². The summed E-state index contributed by atoms with van der Waals surface area (Å²) in [6, 6.07) is 6.43. The van der Waals surface area contributed by atoms with Crippen molar-refractivity contribution in [2.75, 3.05) is 6.54 Å². The minimum absolute atomic E-state index is 0.127. The van der Waals surface area contributed by atoms with Gasteiger partial charge in [-0.2, -0.15) is 0 Å². The van der Waals surface area contributed by atoms with E-state index < -0.39 is 18.0 Å². The summed E-state index contributed by atoms with van der Waals surface area (Å²) in [6.45, 7) is 3.34. The Bertz CT molecular complexity index is 647. The Kier molecular flexibility index (Phi) is 7.45. The zero-order valence-corrected chi connectivity index (χ0v) is 15.8. The third kappa shape index (κ3) is 6.02. The molecule has 7 heteroatoms. The predicted molar refractivity (Wildman–Crippen MR) is 98.9 cm³/mol. The SMILES string of the molecule is C[C@@H](OC(=O)CNC(=O)c1ccc(Cl)cc1)C(=O)N[C@H]1CCCC[C@@H]1C. The molecule has 1 aliphatic carbocycles. The maximum absolute atomic E-state index is 12.2. The van der Waals surface area contributed by atoms with Crippen LogP contribution < -0.4 is 10.6 Å². The molecule has 142 valence electrons. The number of ether oxygens (including phenoxy) is 1. The van der Waals surface area contributed by atoms with E-state index in [9.17, 15) is 14.4 Å². The van der Waals surface area contributed by atoms with Gasteiger partial charge in [0.05, 0.1) is 0 Å². The van der Waals surface area contributed by atoms with Gasteiger partial charge in [0.25, 0.3) is 11.8 Å². The Morgan fingerprint density at radius 1 is 1.19 bits per heavy atom. The number of halogens is 1. The second-order valence-electron chi connectivity index (χ2n) is 6.70. The average Bonchev–Trinajstić information content (AvgIpc) is 2.62. The summed E-state index contributed by atoms with van der Waals surface area (Å²) in [4.78, 5) is 36.0. The van der Waals surface area contributed by atoms with Gasteiger partial charge in [-0.05, 0) is 49.9 Å². The van der Waals surface area contributed by atoms with Crippen molar-refractivity contribution < 1.29 is 19.1 Å². The minimum Gasteiger partial charge on any atom is -0.451 e. The van der Waals surface area contributed by atoms with Crippen molar-refractivity contribution in [3.8, 4) is 0 Å². The number of amides is 2. The first kappa shape index (κ1) is 20.2. The molecule has 2 N–H and O–H groups in total. The lowest BCUT2D eigenvalue weighted by Crippen LogP contribution is -2.46. The molecule has 3 atom stereocenters. The minimum atomic E-state index is -0.899. The van der Waals surface area contributed by atoms with Gasteiger partial charge in [0.2, 0.25) is 0 Å². The van der Waals surface area contributed by atoms with Crippen molar-refractivity contribution in [2.45, 2.75) is 51.7 Å². The maximum atomic E-state index is 12.2. The van der Waals surface area contributed by atoms with Gasteiger partial charge in [-0.15, -0.1) is 0 Å². The van der Waals surface area contributed by atoms with E-state index in [4.69, 9.17) is 16.3 Å². The van der Waals surface area contributed by atoms with Gasteiger partial charge in [-0.1, -0.05) is 31.4 Å². The Morgan fingerprint density at radius 2 is 1.85 bits per heavy atom. The standard InChI is InChI=1S/C19H25ClN2O4/c1-12-5-3-4-6-16(12)22-18(24)13(2)26-17(23)11-21-19(25)14-7-9-15(20)10-8-14/h7-10,12-13,16H,3-6,11H2,1-2H3,(H,21,25)(H,22,24)/t12-,13+,16-/m0/s1. The molecule has 0 unspecified atom stereocenters. The third-order valence-corrected chi connectivity index (χ3v) is 4.87. The molecule has 1 saturated carbocycles. The molecule has 6 nitrogen and oxygen atoms in total. The van der Waals surface area contributed by atoms with Crippen LogP contribution in [0.2, 0.25) is 5.02 Å². The summed E-state index contributed by atoms with van der Waals surface area (Å²) in [5.41, 5.74) is 0.388. The zero-order valence-electron chi connectivity index (χ0n) is 15.1. The Hall–Kier alpha value is -2.08. The summed E-state index contributed by atoms with van der Waals surface area (Å²) in [7, 11) is 0. The lowest BCUT2D eigenvalue weighted by atomic mass is 9.86. The fourth-order valence-electron chi connectivity index (χ4n) is 2.98. The fraction of sp³-hybridized carbons (Fsp3) is 0.526. The highest BCUT2D eigenvalue weighted by Crippen LogP contribution is 2.23. The molecular weight excluding hydrogens is 356 g/mol. The fourth-order valence-corrected chi connectivity index (χ4v) is 3.10. The van der Waals surface area contributed by atoms with Crippen molar-refractivity contribution in [3.05, 3.63) is 34.9 Å². The lowest BCUT2D eigenvalue weighted by molar-refractivity contribution is -0.154. The van der Waals surface area contributed by atoms with E-state index >= 15 is 0 Å². The summed E-state index contributed by atoms with van der Waals surface area (Å²) in [5, 5.41) is 5.94. The van der Waals surface area contributed by atoms with E-state index in [1.807, 2.05) is 0 Å². The largest absolute Gasteiger partial charge is 0.451 e. The van der Waals surface area contributed by atoms with Crippen molar-refractivity contribution in [2.24, 2.45) is 5.92 Å². The van der Waals surface area contributed by atoms with Crippen LogP contribution in [0.25, 0.3) is 0 Å². The monoisotopic (exact) mass is 380 g/mol. The quantitative estimate of drug-likeness (QED) is 0.743. The number of carbonyl (C=O) groups excluding carboxylic acids is 3. The van der Waals surface area contributed by atoms with Crippen LogP contribution >= 0.6 is 11.6 Å². The van der Waals surface area contributed by atoms with E-state index in [2.05, 4.69) is 17.6 Å². The van der Waals surface area contributed by atoms with Crippen LogP contribution in [0.3, 0.4) is 0 Å². The average molecular weight is 381 g/mol. The lowest BCUT2D eigenvalue weighted by Gasteiger charge is -2.30. The first-order chi connectivity index (χ1) is 12.4. The normalized spacial score (nSPS) is 20.7. The van der Waals surface area contributed by atoms with E-state index in [0.29, 0.717) is 16.5 Å². The number of benzene rings is 1. The summed E-state index contributed by atoms with van der Waals surface area (Å²) in [5.74, 6) is -0.950. The van der Waals surface area contributed by atoms with E-state index in [1.54, 1.807) is 24.3 Å². The number of esters is 1. The second-order valence-corrected chi connectivity index (χ2v) is 7.13. The number of hydrogen-bond donors (Lipinski definition) is 2. The van der Waals surface area contributed by atoms with Gasteiger partial charge < -0.3 is 15.4 Å². The van der Waals surface area contributed by atoms with E-state index in [0.717, 1.165) is 19.3 Å².